The molecule has 3 unspecified atom stereocenters. The van der Waals surface area contributed by atoms with Crippen LogP contribution < -0.4 is 10.6 Å². The smallest absolute Gasteiger partial charge is 0.237 e. The summed E-state index contributed by atoms with van der Waals surface area (Å²) >= 11 is 1.90. The Balaban J connectivity index is 1.19. The average molecular weight is 348 g/mol. The molecule has 4 nitrogen and oxygen atoms in total. The summed E-state index contributed by atoms with van der Waals surface area (Å²) in [5.74, 6) is 0.943. The maximum absolute atomic E-state index is 12.4. The molecule has 1 aliphatic heterocycles. The number of aryl methyl sites for hydroxylation is 3. The number of carbonyl (C=O) groups excluding carboxylic acids is 1. The van der Waals surface area contributed by atoms with Gasteiger partial charge in [-0.05, 0) is 57.3 Å². The zero-order chi connectivity index (χ0) is 16.4. The zero-order valence-electron chi connectivity index (χ0n) is 14.5. The van der Waals surface area contributed by atoms with Gasteiger partial charge in [-0.2, -0.15) is 0 Å². The fourth-order valence-electron chi connectivity index (χ4n) is 4.61. The highest BCUT2D eigenvalue weighted by Crippen LogP contribution is 2.33. The van der Waals surface area contributed by atoms with Gasteiger partial charge in [-0.1, -0.05) is 12.8 Å². The maximum atomic E-state index is 12.4. The Kier molecular flexibility index (Phi) is 5.18. The first-order valence-corrected chi connectivity index (χ1v) is 10.6. The summed E-state index contributed by atoms with van der Waals surface area (Å²) in [4.78, 5) is 18.7. The number of amides is 1. The van der Waals surface area contributed by atoms with Gasteiger partial charge >= 0.3 is 0 Å². The van der Waals surface area contributed by atoms with Crippen LogP contribution in [0.1, 0.15) is 66.9 Å². The van der Waals surface area contributed by atoms with E-state index >= 15 is 0 Å². The van der Waals surface area contributed by atoms with Crippen LogP contribution in [-0.2, 0) is 24.1 Å². The van der Waals surface area contributed by atoms with Gasteiger partial charge in [-0.3, -0.25) is 4.79 Å². The lowest BCUT2D eigenvalue weighted by molar-refractivity contribution is -0.122. The molecule has 132 valence electrons. The second kappa shape index (κ2) is 7.52. The highest BCUT2D eigenvalue weighted by atomic mass is 32.1. The molecular formula is C19H29N3OS. The molecule has 24 heavy (non-hydrogen) atoms. The van der Waals surface area contributed by atoms with E-state index in [2.05, 4.69) is 10.6 Å². The van der Waals surface area contributed by atoms with Gasteiger partial charge in [0, 0.05) is 23.9 Å². The molecule has 0 spiro atoms. The van der Waals surface area contributed by atoms with E-state index < -0.39 is 0 Å². The number of carbonyl (C=O) groups is 1. The molecule has 2 aliphatic carbocycles. The van der Waals surface area contributed by atoms with Gasteiger partial charge in [0.05, 0.1) is 16.7 Å². The van der Waals surface area contributed by atoms with Gasteiger partial charge in [0.25, 0.3) is 0 Å². The molecule has 5 heteroatoms. The van der Waals surface area contributed by atoms with Crippen LogP contribution in [-0.4, -0.2) is 29.5 Å². The zero-order valence-corrected chi connectivity index (χ0v) is 15.3. The van der Waals surface area contributed by atoms with Crippen molar-refractivity contribution in [2.45, 2.75) is 82.7 Å². The van der Waals surface area contributed by atoms with Crippen molar-refractivity contribution in [1.29, 1.82) is 0 Å². The summed E-state index contributed by atoms with van der Waals surface area (Å²) in [7, 11) is 0. The van der Waals surface area contributed by atoms with E-state index in [1.807, 2.05) is 11.3 Å². The van der Waals surface area contributed by atoms with E-state index in [1.54, 1.807) is 0 Å². The third kappa shape index (κ3) is 3.67. The first-order valence-electron chi connectivity index (χ1n) is 9.81. The highest BCUT2D eigenvalue weighted by molar-refractivity contribution is 7.11. The second-order valence-electron chi connectivity index (χ2n) is 7.69. The lowest BCUT2D eigenvalue weighted by Gasteiger charge is -2.24. The summed E-state index contributed by atoms with van der Waals surface area (Å²) in [6.07, 6.45) is 13.3. The Bertz CT molecular complexity index is 548. The minimum absolute atomic E-state index is 0.0466. The molecule has 2 fully saturated rings. The number of aromatic nitrogens is 1. The minimum atomic E-state index is 0.0466. The lowest BCUT2D eigenvalue weighted by Crippen LogP contribution is -2.43. The fraction of sp³-hybridized carbons (Fsp3) is 0.789. The van der Waals surface area contributed by atoms with Gasteiger partial charge in [0.1, 0.15) is 0 Å². The van der Waals surface area contributed by atoms with Crippen LogP contribution in [0.4, 0.5) is 0 Å². The summed E-state index contributed by atoms with van der Waals surface area (Å²) in [6, 6.07) is 0.640. The summed E-state index contributed by atoms with van der Waals surface area (Å²) in [5.41, 5.74) is 1.35. The second-order valence-corrected chi connectivity index (χ2v) is 8.85. The van der Waals surface area contributed by atoms with E-state index in [0.717, 1.165) is 38.1 Å². The number of thiazole rings is 1. The molecular weight excluding hydrogens is 318 g/mol. The number of hydrogen-bond acceptors (Lipinski definition) is 4. The van der Waals surface area contributed by atoms with Crippen LogP contribution in [0.15, 0.2) is 0 Å². The maximum Gasteiger partial charge on any atom is 0.237 e. The topological polar surface area (TPSA) is 54.0 Å². The van der Waals surface area contributed by atoms with Gasteiger partial charge in [-0.25, -0.2) is 4.98 Å². The molecule has 2 heterocycles. The van der Waals surface area contributed by atoms with Gasteiger partial charge in [0.2, 0.25) is 5.91 Å². The van der Waals surface area contributed by atoms with Crippen LogP contribution >= 0.6 is 11.3 Å². The Hall–Kier alpha value is -0.940. The molecule has 1 aromatic heterocycles. The minimum Gasteiger partial charge on any atom is -0.355 e. The van der Waals surface area contributed by atoms with Gasteiger partial charge in [0.15, 0.2) is 0 Å². The number of rotatable bonds is 5. The van der Waals surface area contributed by atoms with Crippen molar-refractivity contribution in [2.75, 3.05) is 6.54 Å². The molecule has 2 N–H and O–H groups in total. The van der Waals surface area contributed by atoms with E-state index in [-0.39, 0.29) is 11.9 Å². The standard InChI is InChI=1S/C19H29N3OS/c23-19(16-12-13-6-1-2-7-14(13)21-16)20-11-5-10-18-22-15-8-3-4-9-17(15)24-18/h13-14,16,21H,1-12H2,(H,20,23). The van der Waals surface area contributed by atoms with Crippen LogP contribution in [0.5, 0.6) is 0 Å². The largest absolute Gasteiger partial charge is 0.355 e. The highest BCUT2D eigenvalue weighted by Gasteiger charge is 2.37. The number of hydrogen-bond donors (Lipinski definition) is 2. The molecule has 0 bridgehead atoms. The molecule has 0 radical (unpaired) electrons. The third-order valence-corrected chi connectivity index (χ3v) is 7.15. The van der Waals surface area contributed by atoms with Crippen molar-refractivity contribution < 1.29 is 4.79 Å². The first kappa shape index (κ1) is 16.5. The number of fused-ring (bicyclic) bond motifs is 2. The normalized spacial score (nSPS) is 29.1. The Morgan fingerprint density at radius 1 is 1.21 bits per heavy atom. The molecule has 0 aromatic carbocycles. The molecule has 1 aromatic rings. The van der Waals surface area contributed by atoms with Crippen LogP contribution in [0.3, 0.4) is 0 Å². The van der Waals surface area contributed by atoms with E-state index in [9.17, 15) is 4.79 Å². The monoisotopic (exact) mass is 347 g/mol. The van der Waals surface area contributed by atoms with Crippen molar-refractivity contribution in [3.63, 3.8) is 0 Å². The Labute approximate surface area is 148 Å². The van der Waals surface area contributed by atoms with E-state index in [4.69, 9.17) is 4.98 Å². The first-order chi connectivity index (χ1) is 11.8. The fourth-order valence-corrected chi connectivity index (χ4v) is 5.81. The summed E-state index contributed by atoms with van der Waals surface area (Å²) in [5, 5.41) is 7.97. The van der Waals surface area contributed by atoms with Crippen molar-refractivity contribution >= 4 is 17.2 Å². The molecule has 1 amide bonds. The van der Waals surface area contributed by atoms with Crippen LogP contribution in [0.2, 0.25) is 0 Å². The van der Waals surface area contributed by atoms with Crippen molar-refractivity contribution in [2.24, 2.45) is 5.92 Å². The predicted molar refractivity (Wildman–Crippen MR) is 97.4 cm³/mol. The number of nitrogens with one attached hydrogen (secondary N) is 2. The Morgan fingerprint density at radius 3 is 2.96 bits per heavy atom. The Morgan fingerprint density at radius 2 is 2.08 bits per heavy atom. The molecule has 1 saturated heterocycles. The molecule has 3 aliphatic rings. The SMILES string of the molecule is O=C(NCCCc1nc2c(s1)CCCC2)C1CC2CCCCC2N1. The summed E-state index contributed by atoms with van der Waals surface area (Å²) in [6.45, 7) is 0.774. The van der Waals surface area contributed by atoms with Gasteiger partial charge in [-0.15, -0.1) is 11.3 Å². The molecule has 3 atom stereocenters. The lowest BCUT2D eigenvalue weighted by atomic mass is 9.85. The van der Waals surface area contributed by atoms with Crippen molar-refractivity contribution in [3.05, 3.63) is 15.6 Å². The van der Waals surface area contributed by atoms with E-state index in [0.29, 0.717) is 6.04 Å². The summed E-state index contributed by atoms with van der Waals surface area (Å²) < 4.78 is 0. The van der Waals surface area contributed by atoms with Gasteiger partial charge < -0.3 is 10.6 Å². The molecule has 4 rings (SSSR count). The molecule has 1 saturated carbocycles. The predicted octanol–water partition coefficient (Wildman–Crippen LogP) is 2.99. The quantitative estimate of drug-likeness (QED) is 0.805. The van der Waals surface area contributed by atoms with Crippen LogP contribution in [0, 0.1) is 5.92 Å². The van der Waals surface area contributed by atoms with Crippen molar-refractivity contribution in [3.8, 4) is 0 Å². The van der Waals surface area contributed by atoms with E-state index in [1.165, 1.54) is 60.5 Å². The van der Waals surface area contributed by atoms with Crippen LogP contribution in [0.25, 0.3) is 0 Å². The number of nitrogens with zero attached hydrogens (tertiary/aromatic N) is 1. The average Bonchev–Trinajstić information content (AvgIpc) is 3.21. The van der Waals surface area contributed by atoms with Crippen molar-refractivity contribution in [1.82, 2.24) is 15.6 Å². The third-order valence-electron chi connectivity index (χ3n) is 5.94.